The van der Waals surface area contributed by atoms with Crippen LogP contribution in [0, 0.1) is 0 Å². The van der Waals surface area contributed by atoms with E-state index in [0.29, 0.717) is 16.3 Å². The van der Waals surface area contributed by atoms with E-state index in [0.717, 1.165) is 12.1 Å². The number of hydrogen-bond acceptors (Lipinski definition) is 2. The lowest BCUT2D eigenvalue weighted by atomic mass is 10.2. The highest BCUT2D eigenvalue weighted by molar-refractivity contribution is 7.80. The third-order valence-corrected chi connectivity index (χ3v) is 3.29. The van der Waals surface area contributed by atoms with Crippen LogP contribution >= 0.6 is 23.8 Å². The predicted molar refractivity (Wildman–Crippen MR) is 89.7 cm³/mol. The van der Waals surface area contributed by atoms with Crippen molar-refractivity contribution < 1.29 is 18.0 Å². The van der Waals surface area contributed by atoms with Crippen molar-refractivity contribution >= 4 is 40.5 Å². The fourth-order valence-electron chi connectivity index (χ4n) is 1.72. The summed E-state index contributed by atoms with van der Waals surface area (Å²) in [6, 6.07) is 10.6. The lowest BCUT2D eigenvalue weighted by Gasteiger charge is -2.12. The molecule has 0 atom stereocenters. The molecule has 0 saturated carbocycles. The van der Waals surface area contributed by atoms with Gasteiger partial charge in [-0.2, -0.15) is 13.2 Å². The van der Waals surface area contributed by atoms with Crippen molar-refractivity contribution in [3.8, 4) is 0 Å². The number of thiocarbonyl (C=S) groups is 1. The minimum absolute atomic E-state index is 0.0186. The van der Waals surface area contributed by atoms with Gasteiger partial charge in [-0.25, -0.2) is 0 Å². The van der Waals surface area contributed by atoms with Crippen molar-refractivity contribution in [2.45, 2.75) is 6.18 Å². The van der Waals surface area contributed by atoms with Gasteiger partial charge in [-0.1, -0.05) is 17.7 Å². The molecule has 0 aliphatic rings. The van der Waals surface area contributed by atoms with Crippen LogP contribution < -0.4 is 16.2 Å². The van der Waals surface area contributed by atoms with Gasteiger partial charge in [0.05, 0.1) is 5.56 Å². The second kappa shape index (κ2) is 7.50. The summed E-state index contributed by atoms with van der Waals surface area (Å²) >= 11 is 10.7. The average molecular weight is 374 g/mol. The Morgan fingerprint density at radius 3 is 2.29 bits per heavy atom. The molecule has 126 valence electrons. The molecule has 0 aliphatic carbocycles. The van der Waals surface area contributed by atoms with Gasteiger partial charge in [0, 0.05) is 16.3 Å². The van der Waals surface area contributed by atoms with Crippen molar-refractivity contribution in [1.29, 1.82) is 0 Å². The number of rotatable bonds is 2. The first kappa shape index (κ1) is 18.0. The molecule has 0 aliphatic heterocycles. The van der Waals surface area contributed by atoms with Gasteiger partial charge in [-0.3, -0.25) is 15.6 Å². The monoisotopic (exact) mass is 373 g/mol. The number of carbonyl (C=O) groups is 1. The van der Waals surface area contributed by atoms with Crippen LogP contribution in [0.25, 0.3) is 0 Å². The number of hydrogen-bond donors (Lipinski definition) is 3. The molecule has 2 aromatic rings. The first-order chi connectivity index (χ1) is 11.3. The largest absolute Gasteiger partial charge is 0.416 e. The molecule has 0 fully saturated rings. The molecule has 0 heterocycles. The van der Waals surface area contributed by atoms with E-state index in [4.69, 9.17) is 23.8 Å². The zero-order valence-corrected chi connectivity index (χ0v) is 13.5. The van der Waals surface area contributed by atoms with Gasteiger partial charge in [-0.05, 0) is 54.7 Å². The van der Waals surface area contributed by atoms with E-state index in [2.05, 4.69) is 16.2 Å². The van der Waals surface area contributed by atoms with E-state index in [-0.39, 0.29) is 5.11 Å². The maximum atomic E-state index is 12.5. The molecule has 0 spiro atoms. The summed E-state index contributed by atoms with van der Waals surface area (Å²) in [7, 11) is 0. The summed E-state index contributed by atoms with van der Waals surface area (Å²) in [4.78, 5) is 11.9. The van der Waals surface area contributed by atoms with E-state index in [1.54, 1.807) is 18.2 Å². The van der Waals surface area contributed by atoms with Gasteiger partial charge in [0.15, 0.2) is 5.11 Å². The Bertz CT molecular complexity index is 750. The maximum absolute atomic E-state index is 12.5. The Hall–Kier alpha value is -2.32. The normalized spacial score (nSPS) is 10.8. The Morgan fingerprint density at radius 1 is 1.04 bits per heavy atom. The molecule has 9 heteroatoms. The van der Waals surface area contributed by atoms with E-state index in [1.165, 1.54) is 18.2 Å². The number of alkyl halides is 3. The fraction of sp³-hybridized carbons (Fsp3) is 0.0667. The first-order valence-corrected chi connectivity index (χ1v) is 7.34. The highest BCUT2D eigenvalue weighted by Gasteiger charge is 2.29. The van der Waals surface area contributed by atoms with Gasteiger partial charge < -0.3 is 5.32 Å². The summed E-state index contributed by atoms with van der Waals surface area (Å²) in [6.45, 7) is 0. The van der Waals surface area contributed by atoms with E-state index in [9.17, 15) is 18.0 Å². The zero-order valence-electron chi connectivity index (χ0n) is 11.9. The molecule has 4 nitrogen and oxygen atoms in total. The number of carbonyl (C=O) groups excluding carboxylic acids is 1. The minimum atomic E-state index is -4.40. The van der Waals surface area contributed by atoms with Crippen LogP contribution in [0.4, 0.5) is 18.9 Å². The molecule has 2 rings (SSSR count). The Kier molecular flexibility index (Phi) is 5.63. The molecule has 2 aromatic carbocycles. The number of hydrazine groups is 1. The van der Waals surface area contributed by atoms with Crippen molar-refractivity contribution in [3.63, 3.8) is 0 Å². The molecule has 0 bridgehead atoms. The third kappa shape index (κ3) is 5.10. The molecule has 0 radical (unpaired) electrons. The maximum Gasteiger partial charge on any atom is 0.416 e. The number of amides is 1. The van der Waals surface area contributed by atoms with Crippen molar-refractivity contribution in [3.05, 3.63) is 64.7 Å². The molecule has 0 unspecified atom stereocenters. The SMILES string of the molecule is O=C(NNC(=S)Nc1ccc(C(F)(F)F)cc1)c1cccc(Cl)c1. The smallest absolute Gasteiger partial charge is 0.331 e. The van der Waals surface area contributed by atoms with Gasteiger partial charge in [-0.15, -0.1) is 0 Å². The number of nitrogens with one attached hydrogen (secondary N) is 3. The van der Waals surface area contributed by atoms with Crippen LogP contribution in [0.2, 0.25) is 5.02 Å². The number of anilines is 1. The molecule has 1 amide bonds. The van der Waals surface area contributed by atoms with E-state index < -0.39 is 17.6 Å². The van der Waals surface area contributed by atoms with Crippen molar-refractivity contribution in [1.82, 2.24) is 10.9 Å². The van der Waals surface area contributed by atoms with Crippen molar-refractivity contribution in [2.24, 2.45) is 0 Å². The first-order valence-electron chi connectivity index (χ1n) is 6.56. The Balaban J connectivity index is 1.88. The molecular weight excluding hydrogens is 363 g/mol. The molecular formula is C15H11ClF3N3OS. The van der Waals surface area contributed by atoms with Crippen LogP contribution in [0.5, 0.6) is 0 Å². The minimum Gasteiger partial charge on any atom is -0.331 e. The van der Waals surface area contributed by atoms with Gasteiger partial charge in [0.25, 0.3) is 5.91 Å². The second-order valence-corrected chi connectivity index (χ2v) is 5.46. The van der Waals surface area contributed by atoms with Gasteiger partial charge in [0.2, 0.25) is 0 Å². The van der Waals surface area contributed by atoms with Crippen LogP contribution in [-0.2, 0) is 6.18 Å². The van der Waals surface area contributed by atoms with Crippen molar-refractivity contribution in [2.75, 3.05) is 5.32 Å². The van der Waals surface area contributed by atoms with Gasteiger partial charge >= 0.3 is 6.18 Å². The van der Waals surface area contributed by atoms with E-state index in [1.807, 2.05) is 0 Å². The number of halogens is 4. The quantitative estimate of drug-likeness (QED) is 0.550. The zero-order chi connectivity index (χ0) is 17.7. The summed E-state index contributed by atoms with van der Waals surface area (Å²) in [5.74, 6) is -0.464. The summed E-state index contributed by atoms with van der Waals surface area (Å²) in [5, 5.41) is 3.08. The summed E-state index contributed by atoms with van der Waals surface area (Å²) in [5.41, 5.74) is 4.71. The molecule has 0 aromatic heterocycles. The molecule has 0 saturated heterocycles. The Morgan fingerprint density at radius 2 is 1.71 bits per heavy atom. The Labute approximate surface area is 146 Å². The summed E-state index contributed by atoms with van der Waals surface area (Å²) in [6.07, 6.45) is -4.40. The lowest BCUT2D eigenvalue weighted by Crippen LogP contribution is -2.43. The number of benzene rings is 2. The average Bonchev–Trinajstić information content (AvgIpc) is 2.52. The van der Waals surface area contributed by atoms with Crippen LogP contribution in [0.1, 0.15) is 15.9 Å². The fourth-order valence-corrected chi connectivity index (χ4v) is 2.08. The van der Waals surface area contributed by atoms with Crippen LogP contribution in [0.3, 0.4) is 0 Å². The predicted octanol–water partition coefficient (Wildman–Crippen LogP) is 3.99. The van der Waals surface area contributed by atoms with Crippen LogP contribution in [0.15, 0.2) is 48.5 Å². The second-order valence-electron chi connectivity index (χ2n) is 4.62. The summed E-state index contributed by atoms with van der Waals surface area (Å²) < 4.78 is 37.4. The van der Waals surface area contributed by atoms with Gasteiger partial charge in [0.1, 0.15) is 0 Å². The lowest BCUT2D eigenvalue weighted by molar-refractivity contribution is -0.137. The highest BCUT2D eigenvalue weighted by atomic mass is 35.5. The third-order valence-electron chi connectivity index (χ3n) is 2.85. The molecule has 3 N–H and O–H groups in total. The van der Waals surface area contributed by atoms with E-state index >= 15 is 0 Å². The topological polar surface area (TPSA) is 53.2 Å². The highest BCUT2D eigenvalue weighted by Crippen LogP contribution is 2.29. The standard InChI is InChI=1S/C15H11ClF3N3OS/c16-11-3-1-2-9(8-11)13(23)21-22-14(24)20-12-6-4-10(5-7-12)15(17,18)19/h1-8H,(H,21,23)(H2,20,22,24). The molecule has 24 heavy (non-hydrogen) atoms. The van der Waals surface area contributed by atoms with Crippen LogP contribution in [-0.4, -0.2) is 11.0 Å².